The predicted molar refractivity (Wildman–Crippen MR) is 132 cm³/mol. The quantitative estimate of drug-likeness (QED) is 0.294. The van der Waals surface area contributed by atoms with Crippen molar-refractivity contribution in [2.45, 2.75) is 49.0 Å². The molecule has 4 saturated carbocycles. The van der Waals surface area contributed by atoms with Crippen molar-refractivity contribution in [3.05, 3.63) is 64.7 Å². The number of carbonyl (C=O) groups excluding carboxylic acids is 3. The molecule has 178 valence electrons. The molecule has 5 nitrogen and oxygen atoms in total. The Morgan fingerprint density at radius 1 is 0.941 bits per heavy atom. The second kappa shape index (κ2) is 9.74. The Bertz CT molecular complexity index is 1060. The summed E-state index contributed by atoms with van der Waals surface area (Å²) in [5.74, 6) is 1.70. The number of hydrogen-bond donors (Lipinski definition) is 1. The molecule has 0 radical (unpaired) electrons. The van der Waals surface area contributed by atoms with Crippen LogP contribution >= 0.6 is 23.4 Å². The number of benzene rings is 2. The van der Waals surface area contributed by atoms with Gasteiger partial charge in [0.05, 0.1) is 11.3 Å². The lowest BCUT2D eigenvalue weighted by Gasteiger charge is -2.56. The lowest BCUT2D eigenvalue weighted by atomic mass is 9.53. The maximum Gasteiger partial charge on any atom is 0.339 e. The van der Waals surface area contributed by atoms with E-state index in [4.69, 9.17) is 16.3 Å². The Hall–Kier alpha value is -2.31. The fourth-order valence-electron chi connectivity index (χ4n) is 6.43. The molecule has 0 aliphatic heterocycles. The first-order valence-corrected chi connectivity index (χ1v) is 13.2. The minimum atomic E-state index is -0.577. The minimum Gasteiger partial charge on any atom is -0.454 e. The van der Waals surface area contributed by atoms with E-state index in [9.17, 15) is 14.4 Å². The van der Waals surface area contributed by atoms with Crippen LogP contribution < -0.4 is 5.32 Å². The van der Waals surface area contributed by atoms with Crippen molar-refractivity contribution in [3.8, 4) is 0 Å². The van der Waals surface area contributed by atoms with Crippen LogP contribution in [0.25, 0.3) is 0 Å². The van der Waals surface area contributed by atoms with Gasteiger partial charge in [0, 0.05) is 21.0 Å². The highest BCUT2D eigenvalue weighted by molar-refractivity contribution is 8.00. The summed E-state index contributed by atoms with van der Waals surface area (Å²) in [5, 5.41) is 3.91. The molecule has 0 aromatic heterocycles. The first-order valence-electron chi connectivity index (χ1n) is 11.9. The van der Waals surface area contributed by atoms with Crippen molar-refractivity contribution in [2.75, 3.05) is 12.4 Å². The number of esters is 1. The maximum atomic E-state index is 12.9. The number of Topliss-reactive ketones (excluding diaryl/α,β-unsaturated/α-hetero) is 1. The molecule has 2 aromatic rings. The van der Waals surface area contributed by atoms with E-state index in [-0.39, 0.29) is 29.6 Å². The number of thioether (sulfide) groups is 1. The zero-order chi connectivity index (χ0) is 23.7. The summed E-state index contributed by atoms with van der Waals surface area (Å²) in [7, 11) is 0. The summed E-state index contributed by atoms with van der Waals surface area (Å²) in [5.41, 5.74) is 0.771. The van der Waals surface area contributed by atoms with Gasteiger partial charge < -0.3 is 10.1 Å². The summed E-state index contributed by atoms with van der Waals surface area (Å²) >= 11 is 7.19. The highest BCUT2D eigenvalue weighted by Crippen LogP contribution is 2.55. The van der Waals surface area contributed by atoms with E-state index < -0.39 is 5.97 Å². The third-order valence-electron chi connectivity index (χ3n) is 7.41. The third-order valence-corrected chi connectivity index (χ3v) is 8.73. The molecule has 1 amide bonds. The Morgan fingerprint density at radius 3 is 2.21 bits per heavy atom. The lowest BCUT2D eigenvalue weighted by Crippen LogP contribution is -2.60. The number of nitrogens with one attached hydrogen (secondary N) is 1. The van der Waals surface area contributed by atoms with Gasteiger partial charge in [-0.15, -0.1) is 11.8 Å². The summed E-state index contributed by atoms with van der Waals surface area (Å²) in [6.45, 7) is -0.355. The zero-order valence-electron chi connectivity index (χ0n) is 18.9. The molecule has 7 heteroatoms. The van der Waals surface area contributed by atoms with Gasteiger partial charge in [-0.2, -0.15) is 0 Å². The Balaban J connectivity index is 1.16. The van der Waals surface area contributed by atoms with Crippen molar-refractivity contribution in [3.63, 3.8) is 0 Å². The monoisotopic (exact) mass is 497 g/mol. The molecular formula is C27H28ClNO4S. The first-order chi connectivity index (χ1) is 16.4. The number of ether oxygens (including phenoxy) is 1. The van der Waals surface area contributed by atoms with E-state index in [1.165, 1.54) is 31.0 Å². The molecule has 0 unspecified atom stereocenters. The van der Waals surface area contributed by atoms with Crippen LogP contribution in [0.4, 0.5) is 0 Å². The predicted octanol–water partition coefficient (Wildman–Crippen LogP) is 5.56. The molecule has 4 aliphatic carbocycles. The van der Waals surface area contributed by atoms with Gasteiger partial charge in [-0.05, 0) is 92.7 Å². The van der Waals surface area contributed by atoms with Gasteiger partial charge in [0.25, 0.3) is 0 Å². The van der Waals surface area contributed by atoms with Crippen molar-refractivity contribution in [1.29, 1.82) is 0 Å². The Labute approximate surface area is 209 Å². The van der Waals surface area contributed by atoms with Crippen LogP contribution in [0.15, 0.2) is 53.4 Å². The van der Waals surface area contributed by atoms with E-state index in [1.54, 1.807) is 42.5 Å². The van der Waals surface area contributed by atoms with Crippen LogP contribution in [-0.2, 0) is 9.53 Å². The van der Waals surface area contributed by atoms with Crippen LogP contribution in [0.2, 0.25) is 5.02 Å². The maximum absolute atomic E-state index is 12.9. The molecule has 4 aliphatic rings. The molecule has 6 rings (SSSR count). The number of ketones is 1. The second-order valence-electron chi connectivity index (χ2n) is 10.0. The topological polar surface area (TPSA) is 72.5 Å². The van der Waals surface area contributed by atoms with Crippen LogP contribution in [0.1, 0.15) is 59.2 Å². The Morgan fingerprint density at radius 2 is 1.56 bits per heavy atom. The summed E-state index contributed by atoms with van der Waals surface area (Å²) < 4.78 is 5.28. The van der Waals surface area contributed by atoms with Gasteiger partial charge in [0.15, 0.2) is 12.4 Å². The highest BCUT2D eigenvalue weighted by atomic mass is 35.5. The fraction of sp³-hybridized carbons (Fsp3) is 0.444. The summed E-state index contributed by atoms with van der Waals surface area (Å²) in [6.07, 6.45) is 7.33. The number of carbonyl (C=O) groups is 3. The van der Waals surface area contributed by atoms with Crippen molar-refractivity contribution < 1.29 is 19.1 Å². The average molecular weight is 498 g/mol. The molecule has 0 atom stereocenters. The van der Waals surface area contributed by atoms with E-state index in [2.05, 4.69) is 5.32 Å². The highest BCUT2D eigenvalue weighted by Gasteiger charge is 2.51. The SMILES string of the molecule is O=C(CSc1ccccc1C(=O)OCC(=O)c1ccc(Cl)cc1)NC12CC3CC(CC(C3)C1)C2. The molecule has 4 fully saturated rings. The fourth-order valence-corrected chi connectivity index (χ4v) is 7.39. The van der Waals surface area contributed by atoms with Gasteiger partial charge in [-0.3, -0.25) is 9.59 Å². The average Bonchev–Trinajstić information content (AvgIpc) is 2.80. The van der Waals surface area contributed by atoms with Crippen molar-refractivity contribution >= 4 is 41.0 Å². The molecule has 1 N–H and O–H groups in total. The zero-order valence-corrected chi connectivity index (χ0v) is 20.5. The van der Waals surface area contributed by atoms with Crippen LogP contribution in [0, 0.1) is 17.8 Å². The van der Waals surface area contributed by atoms with E-state index >= 15 is 0 Å². The largest absolute Gasteiger partial charge is 0.454 e. The molecular weight excluding hydrogens is 470 g/mol. The third kappa shape index (κ3) is 5.18. The Kier molecular flexibility index (Phi) is 6.72. The normalized spacial score (nSPS) is 26.8. The molecule has 2 aromatic carbocycles. The molecule has 0 spiro atoms. The smallest absolute Gasteiger partial charge is 0.339 e. The van der Waals surface area contributed by atoms with E-state index in [0.717, 1.165) is 37.0 Å². The number of hydrogen-bond acceptors (Lipinski definition) is 5. The van der Waals surface area contributed by atoms with Gasteiger partial charge in [0.2, 0.25) is 5.91 Å². The second-order valence-corrected chi connectivity index (χ2v) is 11.5. The van der Waals surface area contributed by atoms with Crippen molar-refractivity contribution in [1.82, 2.24) is 5.32 Å². The first kappa shape index (κ1) is 23.4. The van der Waals surface area contributed by atoms with Gasteiger partial charge in [-0.1, -0.05) is 23.7 Å². The molecule has 0 saturated heterocycles. The number of rotatable bonds is 8. The number of halogens is 1. The van der Waals surface area contributed by atoms with Gasteiger partial charge in [-0.25, -0.2) is 4.79 Å². The van der Waals surface area contributed by atoms with Crippen LogP contribution in [-0.4, -0.2) is 35.6 Å². The molecule has 4 bridgehead atoms. The summed E-state index contributed by atoms with van der Waals surface area (Å²) in [6, 6.07) is 13.5. The van der Waals surface area contributed by atoms with Gasteiger partial charge in [0.1, 0.15) is 0 Å². The number of amides is 1. The summed E-state index contributed by atoms with van der Waals surface area (Å²) in [4.78, 5) is 38.6. The van der Waals surface area contributed by atoms with Crippen LogP contribution in [0.5, 0.6) is 0 Å². The van der Waals surface area contributed by atoms with Gasteiger partial charge >= 0.3 is 5.97 Å². The molecule has 0 heterocycles. The van der Waals surface area contributed by atoms with E-state index in [0.29, 0.717) is 21.0 Å². The van der Waals surface area contributed by atoms with Crippen LogP contribution in [0.3, 0.4) is 0 Å². The van der Waals surface area contributed by atoms with Crippen molar-refractivity contribution in [2.24, 2.45) is 17.8 Å². The minimum absolute atomic E-state index is 0.0210. The lowest BCUT2D eigenvalue weighted by molar-refractivity contribution is -0.124. The molecule has 34 heavy (non-hydrogen) atoms. The van der Waals surface area contributed by atoms with E-state index in [1.807, 2.05) is 6.07 Å². The standard InChI is InChI=1S/C27H28ClNO4S/c28-21-7-5-20(6-8-21)23(30)15-33-26(32)22-3-1-2-4-24(22)34-16-25(31)29-27-12-17-9-18(13-27)11-19(10-17)14-27/h1-8,17-19H,9-16H2,(H,29,31).